The SMILES string of the molecule is CC(C)[C@H](NC(=O)c1ccc(CO)cc1)C(=O)NC1(C(=O)N[C@@H](C)C(=O)NC(CCC(N)=O)C(O)C(F)(F)F)CC1c1ccccc1. The van der Waals surface area contributed by atoms with Crippen molar-refractivity contribution in [2.75, 3.05) is 0 Å². The zero-order valence-corrected chi connectivity index (χ0v) is 26.1. The molecule has 0 heterocycles. The lowest BCUT2D eigenvalue weighted by Gasteiger charge is -2.29. The third kappa shape index (κ3) is 9.51. The topological polar surface area (TPSA) is 200 Å². The van der Waals surface area contributed by atoms with Gasteiger partial charge in [-0.05, 0) is 48.9 Å². The summed E-state index contributed by atoms with van der Waals surface area (Å²) in [5.74, 6) is -5.00. The Morgan fingerprint density at radius 3 is 2.09 bits per heavy atom. The quantitative estimate of drug-likeness (QED) is 0.148. The number of carbonyl (C=O) groups is 5. The van der Waals surface area contributed by atoms with E-state index in [0.29, 0.717) is 11.1 Å². The Kier molecular flexibility index (Phi) is 12.1. The number of carbonyl (C=O) groups excluding carboxylic acids is 5. The van der Waals surface area contributed by atoms with Crippen LogP contribution in [-0.4, -0.2) is 75.7 Å². The number of aliphatic hydroxyl groups is 2. The van der Waals surface area contributed by atoms with E-state index in [0.717, 1.165) is 0 Å². The molecule has 8 N–H and O–H groups in total. The van der Waals surface area contributed by atoms with Gasteiger partial charge in [0.15, 0.2) is 6.10 Å². The third-order valence-corrected chi connectivity index (χ3v) is 8.04. The first kappa shape index (κ1) is 37.0. The summed E-state index contributed by atoms with van der Waals surface area (Å²) >= 11 is 0. The molecule has 0 radical (unpaired) electrons. The monoisotopic (exact) mass is 663 g/mol. The Morgan fingerprint density at radius 2 is 1.55 bits per heavy atom. The number of amides is 5. The van der Waals surface area contributed by atoms with Gasteiger partial charge in [0.2, 0.25) is 23.6 Å². The van der Waals surface area contributed by atoms with Crippen LogP contribution in [0.4, 0.5) is 13.2 Å². The predicted octanol–water partition coefficient (Wildman–Crippen LogP) is 1.15. The van der Waals surface area contributed by atoms with Gasteiger partial charge in [0, 0.05) is 17.9 Å². The van der Waals surface area contributed by atoms with E-state index in [-0.39, 0.29) is 18.6 Å². The average Bonchev–Trinajstić information content (AvgIpc) is 3.76. The highest BCUT2D eigenvalue weighted by atomic mass is 19.4. The molecule has 1 fully saturated rings. The lowest BCUT2D eigenvalue weighted by molar-refractivity contribution is -0.212. The van der Waals surface area contributed by atoms with E-state index in [4.69, 9.17) is 5.73 Å². The fourth-order valence-corrected chi connectivity index (χ4v) is 5.15. The number of aliphatic hydroxyl groups excluding tert-OH is 2. The first-order valence-corrected chi connectivity index (χ1v) is 15.0. The number of benzene rings is 2. The summed E-state index contributed by atoms with van der Waals surface area (Å²) in [6.07, 6.45) is -9.14. The summed E-state index contributed by atoms with van der Waals surface area (Å²) in [6.45, 7) is 4.40. The normalized spacial score (nSPS) is 19.9. The maximum atomic E-state index is 13.7. The van der Waals surface area contributed by atoms with Gasteiger partial charge in [-0.15, -0.1) is 0 Å². The highest BCUT2D eigenvalue weighted by molar-refractivity contribution is 6.01. The van der Waals surface area contributed by atoms with Gasteiger partial charge < -0.3 is 37.2 Å². The van der Waals surface area contributed by atoms with E-state index < -0.39 is 90.2 Å². The smallest absolute Gasteiger partial charge is 0.392 e. The number of hydrogen-bond donors (Lipinski definition) is 7. The maximum Gasteiger partial charge on any atom is 0.416 e. The zero-order chi connectivity index (χ0) is 35.1. The fraction of sp³-hybridized carbons (Fsp3) is 0.469. The number of halogens is 3. The Hall–Kier alpha value is -4.50. The molecule has 2 aromatic carbocycles. The summed E-state index contributed by atoms with van der Waals surface area (Å²) in [6, 6.07) is 10.4. The molecule has 2 aromatic rings. The lowest BCUT2D eigenvalue weighted by Crippen LogP contribution is -2.60. The van der Waals surface area contributed by atoms with Gasteiger partial charge in [-0.3, -0.25) is 24.0 Å². The molecule has 3 rings (SSSR count). The van der Waals surface area contributed by atoms with Gasteiger partial charge >= 0.3 is 6.18 Å². The van der Waals surface area contributed by atoms with Crippen LogP contribution in [0.3, 0.4) is 0 Å². The number of alkyl halides is 3. The maximum absolute atomic E-state index is 13.7. The van der Waals surface area contributed by atoms with E-state index in [1.165, 1.54) is 19.1 Å². The molecule has 0 bridgehead atoms. The largest absolute Gasteiger partial charge is 0.416 e. The molecule has 15 heteroatoms. The second-order valence-corrected chi connectivity index (χ2v) is 12.0. The van der Waals surface area contributed by atoms with Crippen molar-refractivity contribution in [3.63, 3.8) is 0 Å². The molecular formula is C32H40F3N5O7. The molecule has 5 amide bonds. The molecule has 256 valence electrons. The standard InChI is InChI=1S/C32H40F3N5O7/c1-17(2)25(39-28(45)21-11-9-19(16-41)10-12-21)29(46)40-31(15-22(31)20-7-5-4-6-8-20)30(47)37-18(3)27(44)38-23(13-14-24(36)42)26(43)32(33,34)35/h4-12,17-18,22-23,25-26,41,43H,13-16H2,1-3H3,(H2,36,42)(H,37,47)(H,38,44)(H,39,45)(H,40,46)/t18-,22?,23?,25-,26?,31?/m0/s1. The summed E-state index contributed by atoms with van der Waals surface area (Å²) < 4.78 is 39.7. The van der Waals surface area contributed by atoms with Crippen LogP contribution in [-0.2, 0) is 25.8 Å². The Bertz CT molecular complexity index is 1440. The summed E-state index contributed by atoms with van der Waals surface area (Å²) in [4.78, 5) is 64.5. The molecule has 6 atom stereocenters. The number of nitrogens with two attached hydrogens (primary N) is 1. The van der Waals surface area contributed by atoms with E-state index in [1.54, 1.807) is 56.3 Å². The Balaban J connectivity index is 1.80. The van der Waals surface area contributed by atoms with Gasteiger partial charge in [0.25, 0.3) is 5.91 Å². The minimum atomic E-state index is -5.11. The molecule has 0 saturated heterocycles. The van der Waals surface area contributed by atoms with Gasteiger partial charge in [-0.25, -0.2) is 0 Å². The van der Waals surface area contributed by atoms with Crippen molar-refractivity contribution in [1.82, 2.24) is 21.3 Å². The molecule has 1 saturated carbocycles. The van der Waals surface area contributed by atoms with Crippen molar-refractivity contribution in [2.24, 2.45) is 11.7 Å². The zero-order valence-electron chi connectivity index (χ0n) is 26.1. The van der Waals surface area contributed by atoms with Crippen LogP contribution in [0.25, 0.3) is 0 Å². The van der Waals surface area contributed by atoms with Gasteiger partial charge in [-0.1, -0.05) is 56.3 Å². The number of rotatable bonds is 15. The minimum absolute atomic E-state index is 0.123. The highest BCUT2D eigenvalue weighted by Gasteiger charge is 2.62. The van der Waals surface area contributed by atoms with Crippen molar-refractivity contribution in [1.29, 1.82) is 0 Å². The second-order valence-electron chi connectivity index (χ2n) is 12.0. The van der Waals surface area contributed by atoms with Crippen LogP contribution >= 0.6 is 0 Å². The molecular weight excluding hydrogens is 623 g/mol. The van der Waals surface area contributed by atoms with Crippen LogP contribution in [0.15, 0.2) is 54.6 Å². The van der Waals surface area contributed by atoms with Gasteiger partial charge in [0.05, 0.1) is 12.6 Å². The van der Waals surface area contributed by atoms with Crippen LogP contribution in [0, 0.1) is 5.92 Å². The van der Waals surface area contributed by atoms with Crippen molar-refractivity contribution in [3.05, 3.63) is 71.3 Å². The summed E-state index contributed by atoms with van der Waals surface area (Å²) in [7, 11) is 0. The van der Waals surface area contributed by atoms with Crippen LogP contribution in [0.2, 0.25) is 0 Å². The number of hydrogen-bond acceptors (Lipinski definition) is 7. The minimum Gasteiger partial charge on any atom is -0.392 e. The van der Waals surface area contributed by atoms with E-state index in [1.807, 2.05) is 5.32 Å². The molecule has 0 aromatic heterocycles. The van der Waals surface area contributed by atoms with Crippen LogP contribution in [0.5, 0.6) is 0 Å². The first-order chi connectivity index (χ1) is 22.0. The van der Waals surface area contributed by atoms with E-state index >= 15 is 0 Å². The van der Waals surface area contributed by atoms with Crippen molar-refractivity contribution >= 4 is 29.5 Å². The molecule has 0 aliphatic heterocycles. The molecule has 0 spiro atoms. The van der Waals surface area contributed by atoms with Gasteiger partial charge in [-0.2, -0.15) is 13.2 Å². The number of primary amides is 1. The van der Waals surface area contributed by atoms with Crippen LogP contribution in [0.1, 0.15) is 67.4 Å². The highest BCUT2D eigenvalue weighted by Crippen LogP contribution is 2.51. The third-order valence-electron chi connectivity index (χ3n) is 8.04. The fourth-order valence-electron chi connectivity index (χ4n) is 5.15. The molecule has 47 heavy (non-hydrogen) atoms. The van der Waals surface area contributed by atoms with Crippen molar-refractivity contribution < 1.29 is 47.4 Å². The molecule has 4 unspecified atom stereocenters. The Labute approximate surface area is 269 Å². The molecule has 1 aliphatic carbocycles. The lowest BCUT2D eigenvalue weighted by atomic mass is 10.00. The van der Waals surface area contributed by atoms with Crippen LogP contribution < -0.4 is 27.0 Å². The molecule has 1 aliphatic rings. The molecule has 12 nitrogen and oxygen atoms in total. The van der Waals surface area contributed by atoms with Gasteiger partial charge in [0.1, 0.15) is 17.6 Å². The van der Waals surface area contributed by atoms with Crippen molar-refractivity contribution in [3.8, 4) is 0 Å². The summed E-state index contributed by atoms with van der Waals surface area (Å²) in [5, 5.41) is 28.9. The van der Waals surface area contributed by atoms with Crippen molar-refractivity contribution in [2.45, 2.75) is 88.5 Å². The predicted molar refractivity (Wildman–Crippen MR) is 163 cm³/mol. The summed E-state index contributed by atoms with van der Waals surface area (Å²) in [5.41, 5.74) is 5.00. The first-order valence-electron chi connectivity index (χ1n) is 15.0. The Morgan fingerprint density at radius 1 is 0.936 bits per heavy atom. The average molecular weight is 664 g/mol. The van der Waals surface area contributed by atoms with E-state index in [2.05, 4.69) is 16.0 Å². The second kappa shape index (κ2) is 15.4. The van der Waals surface area contributed by atoms with E-state index in [9.17, 15) is 47.4 Å². The number of nitrogens with one attached hydrogen (secondary N) is 4.